The van der Waals surface area contributed by atoms with Crippen LogP contribution in [0.1, 0.15) is 99.1 Å². The van der Waals surface area contributed by atoms with E-state index in [1.165, 1.54) is 22.6 Å². The third-order valence-electron chi connectivity index (χ3n) is 9.45. The molecule has 6 heteroatoms. The number of pyridine rings is 2. The van der Waals surface area contributed by atoms with Crippen molar-refractivity contribution in [3.63, 3.8) is 0 Å². The smallest absolute Gasteiger partial charge is 0.226 e. The van der Waals surface area contributed by atoms with Crippen molar-refractivity contribution in [2.24, 2.45) is 17.8 Å². The molecule has 3 aromatic heterocycles. The molecule has 0 aliphatic carbocycles. The van der Waals surface area contributed by atoms with E-state index in [0.29, 0.717) is 11.6 Å². The van der Waals surface area contributed by atoms with Gasteiger partial charge in [0.05, 0.1) is 18.2 Å². The summed E-state index contributed by atoms with van der Waals surface area (Å²) >= 11 is 0. The van der Waals surface area contributed by atoms with Crippen molar-refractivity contribution >= 4 is 27.7 Å². The van der Waals surface area contributed by atoms with Gasteiger partial charge in [-0.05, 0) is 72.8 Å². The number of hydrogen-bond donors (Lipinski definition) is 1. The Balaban J connectivity index is 0.000000361. The predicted octanol–water partition coefficient (Wildman–Crippen LogP) is 11.4. The van der Waals surface area contributed by atoms with Crippen LogP contribution < -0.4 is 4.57 Å². The zero-order chi connectivity index (χ0) is 35.9. The van der Waals surface area contributed by atoms with E-state index in [9.17, 15) is 9.90 Å². The largest absolute Gasteiger partial charge is 0.512 e. The number of fused-ring (bicyclic) bond motifs is 2. The number of ketones is 1. The number of aliphatic hydroxyl groups is 1. The van der Waals surface area contributed by atoms with Gasteiger partial charge in [-0.2, -0.15) is 0 Å². The normalized spacial score (nSPS) is 12.0. The van der Waals surface area contributed by atoms with Gasteiger partial charge in [-0.1, -0.05) is 91.5 Å². The number of carbonyl (C=O) groups excluding carboxylic acids is 1. The van der Waals surface area contributed by atoms with E-state index < -0.39 is 0 Å². The van der Waals surface area contributed by atoms with Crippen molar-refractivity contribution in [3.8, 4) is 22.4 Å². The van der Waals surface area contributed by atoms with Gasteiger partial charge < -0.3 is 14.1 Å². The van der Waals surface area contributed by atoms with Crippen LogP contribution in [0.15, 0.2) is 83.4 Å². The minimum absolute atomic E-state index is 0. The molecule has 0 saturated carbocycles. The van der Waals surface area contributed by atoms with Crippen molar-refractivity contribution in [3.05, 3.63) is 103 Å². The number of hydrogen-bond acceptors (Lipinski definition) is 4. The Hall–Kier alpha value is -3.73. The molecule has 5 rings (SSSR count). The summed E-state index contributed by atoms with van der Waals surface area (Å²) in [6, 6.07) is 20.9. The molecule has 0 atom stereocenters. The quantitative estimate of drug-likeness (QED) is 0.0622. The number of carbonyl (C=O) groups is 1. The van der Waals surface area contributed by atoms with E-state index in [1.54, 1.807) is 0 Å². The molecular weight excluding hydrogens is 797 g/mol. The van der Waals surface area contributed by atoms with Gasteiger partial charge in [0.2, 0.25) is 5.71 Å². The van der Waals surface area contributed by atoms with Gasteiger partial charge in [-0.3, -0.25) is 4.79 Å². The fourth-order valence-corrected chi connectivity index (χ4v) is 6.43. The first-order chi connectivity index (χ1) is 23.3. The van der Waals surface area contributed by atoms with Gasteiger partial charge in [-0.15, -0.1) is 29.1 Å². The van der Waals surface area contributed by atoms with Crippen LogP contribution >= 0.6 is 0 Å². The van der Waals surface area contributed by atoms with E-state index >= 15 is 0 Å². The SMILES string of the molecule is CCC(CC)C(=O)/C=C(\O)C(CC)CC.[CH2-][n+]1ccc(-c2cnc3occ(CC(C)C)c3c2)cc1-c1[c-]c2ccccc2c(C(C)(C)C)c1.[Ir]. The molecule has 50 heavy (non-hydrogen) atoms. The number of nitrogens with zero attached hydrogens (tertiary/aromatic N) is 2. The number of furan rings is 1. The molecule has 0 amide bonds. The second kappa shape index (κ2) is 18.0. The van der Waals surface area contributed by atoms with E-state index in [2.05, 4.69) is 101 Å². The van der Waals surface area contributed by atoms with Gasteiger partial charge in [0.1, 0.15) is 5.69 Å². The third-order valence-corrected chi connectivity index (χ3v) is 9.45. The molecule has 0 spiro atoms. The third kappa shape index (κ3) is 9.74. The van der Waals surface area contributed by atoms with Crippen molar-refractivity contribution < 1.29 is 39.0 Å². The van der Waals surface area contributed by atoms with Gasteiger partial charge >= 0.3 is 0 Å². The Bertz CT molecular complexity index is 1910. The maximum atomic E-state index is 11.7. The van der Waals surface area contributed by atoms with Crippen LogP contribution in [0.25, 0.3) is 44.3 Å². The average molecular weight is 852 g/mol. The number of aromatic nitrogens is 2. The molecule has 0 fully saturated rings. The van der Waals surface area contributed by atoms with Crippen LogP contribution in [0.5, 0.6) is 0 Å². The Morgan fingerprint density at radius 3 is 2.24 bits per heavy atom. The molecule has 2 aromatic carbocycles. The van der Waals surface area contributed by atoms with Gasteiger partial charge in [0, 0.05) is 62.2 Å². The molecule has 5 nitrogen and oxygen atoms in total. The molecule has 1 radical (unpaired) electrons. The van der Waals surface area contributed by atoms with Crippen molar-refractivity contribution in [1.29, 1.82) is 0 Å². The van der Waals surface area contributed by atoms with Crippen LogP contribution in [0.4, 0.5) is 0 Å². The molecular formula is C44H55IrN2O3-. The van der Waals surface area contributed by atoms with Crippen LogP contribution in [0, 0.1) is 30.9 Å². The van der Waals surface area contributed by atoms with Crippen molar-refractivity contribution in [1.82, 2.24) is 4.98 Å². The summed E-state index contributed by atoms with van der Waals surface area (Å²) in [5.41, 5.74) is 7.44. The first kappa shape index (κ1) is 40.7. The van der Waals surface area contributed by atoms with E-state index in [4.69, 9.17) is 4.42 Å². The van der Waals surface area contributed by atoms with E-state index in [1.807, 2.05) is 50.9 Å². The average Bonchev–Trinajstić information content (AvgIpc) is 3.46. The monoisotopic (exact) mass is 852 g/mol. The Kier molecular flexibility index (Phi) is 14.6. The topological polar surface area (TPSA) is 67.2 Å². The maximum absolute atomic E-state index is 11.7. The summed E-state index contributed by atoms with van der Waals surface area (Å²) < 4.78 is 7.63. The number of benzene rings is 2. The number of allylic oxidation sites excluding steroid dienone is 2. The van der Waals surface area contributed by atoms with Crippen molar-refractivity contribution in [2.45, 2.75) is 99.8 Å². The summed E-state index contributed by atoms with van der Waals surface area (Å²) in [5.74, 6) is 1.10. The van der Waals surface area contributed by atoms with Crippen molar-refractivity contribution in [2.75, 3.05) is 0 Å². The second-order valence-electron chi connectivity index (χ2n) is 14.6. The van der Waals surface area contributed by atoms with Crippen LogP contribution in [0.2, 0.25) is 0 Å². The maximum Gasteiger partial charge on any atom is 0.226 e. The van der Waals surface area contributed by atoms with Crippen LogP contribution in [0.3, 0.4) is 0 Å². The first-order valence-electron chi connectivity index (χ1n) is 17.9. The zero-order valence-corrected chi connectivity index (χ0v) is 33.8. The molecule has 0 aliphatic rings. The molecule has 0 bridgehead atoms. The summed E-state index contributed by atoms with van der Waals surface area (Å²) in [6.45, 7) is 19.3. The Labute approximate surface area is 313 Å². The summed E-state index contributed by atoms with van der Waals surface area (Å²) in [4.78, 5) is 16.3. The minimum atomic E-state index is 0. The molecule has 3 heterocycles. The molecule has 0 unspecified atom stereocenters. The standard InChI is InChI=1S/C31H31N2O.C13H24O2.Ir/c1-20(2)13-25-19-34-30-27(25)15-24(18-32-30)21-11-12-33(6)29(17-21)23-14-22-9-7-8-10-26(22)28(16-23)31(3,4)5;1-5-10(6-2)12(14)9-13(15)11(7-3)8-4;/h7-12,15-20H,6,13H2,1-5H3;9-11,14H,5-8H2,1-4H3;/q-1;;/b;12-9-;. The van der Waals surface area contributed by atoms with Gasteiger partial charge in [-0.25, -0.2) is 4.98 Å². The Morgan fingerprint density at radius 1 is 0.960 bits per heavy atom. The fourth-order valence-electron chi connectivity index (χ4n) is 6.43. The van der Waals surface area contributed by atoms with E-state index in [-0.39, 0.29) is 48.9 Å². The fraction of sp³-hybridized carbons (Fsp3) is 0.409. The molecule has 0 aliphatic heterocycles. The van der Waals surface area contributed by atoms with Crippen LogP contribution in [-0.4, -0.2) is 15.9 Å². The summed E-state index contributed by atoms with van der Waals surface area (Å²) in [5, 5.41) is 13.2. The van der Waals surface area contributed by atoms with Crippen LogP contribution in [-0.2, 0) is 36.7 Å². The van der Waals surface area contributed by atoms with Gasteiger partial charge in [0.15, 0.2) is 5.78 Å². The predicted molar refractivity (Wildman–Crippen MR) is 203 cm³/mol. The molecule has 269 valence electrons. The molecule has 1 N–H and O–H groups in total. The zero-order valence-electron chi connectivity index (χ0n) is 31.4. The summed E-state index contributed by atoms with van der Waals surface area (Å²) in [7, 11) is 4.26. The molecule has 0 saturated heterocycles. The number of rotatable bonds is 11. The summed E-state index contributed by atoms with van der Waals surface area (Å²) in [6.07, 6.45) is 11.6. The Morgan fingerprint density at radius 2 is 1.62 bits per heavy atom. The first-order valence-corrected chi connectivity index (χ1v) is 17.9. The number of aliphatic hydroxyl groups excluding tert-OH is 1. The van der Waals surface area contributed by atoms with E-state index in [0.717, 1.165) is 65.3 Å². The van der Waals surface area contributed by atoms with Gasteiger partial charge in [0.25, 0.3) is 0 Å². The second-order valence-corrected chi connectivity index (χ2v) is 14.6. The molecule has 5 aromatic rings. The minimum Gasteiger partial charge on any atom is -0.512 e.